The van der Waals surface area contributed by atoms with E-state index < -0.39 is 10.0 Å². The number of methoxy groups -OCH3 is 1. The van der Waals surface area contributed by atoms with E-state index in [2.05, 4.69) is 0 Å². The fourth-order valence-corrected chi connectivity index (χ4v) is 5.45. The van der Waals surface area contributed by atoms with Crippen LogP contribution in [-0.2, 0) is 21.2 Å². The number of piperidine rings is 1. The molecule has 19 heavy (non-hydrogen) atoms. The highest BCUT2D eigenvalue weighted by Crippen LogP contribution is 2.27. The third-order valence-electron chi connectivity index (χ3n) is 3.31. The van der Waals surface area contributed by atoms with Crippen molar-refractivity contribution in [1.82, 2.24) is 4.31 Å². The zero-order chi connectivity index (χ0) is 13.9. The van der Waals surface area contributed by atoms with Crippen LogP contribution in [0.2, 0.25) is 0 Å². The van der Waals surface area contributed by atoms with Crippen LogP contribution in [0.15, 0.2) is 16.3 Å². The molecule has 1 aromatic heterocycles. The summed E-state index contributed by atoms with van der Waals surface area (Å²) in [7, 11) is -1.66. The molecule has 0 atom stereocenters. The van der Waals surface area contributed by atoms with Gasteiger partial charge in [-0.15, -0.1) is 22.9 Å². The lowest BCUT2D eigenvalue weighted by Gasteiger charge is -2.29. The summed E-state index contributed by atoms with van der Waals surface area (Å²) in [6, 6.07) is 3.53. The van der Waals surface area contributed by atoms with Crippen LogP contribution in [0.3, 0.4) is 0 Å². The zero-order valence-electron chi connectivity index (χ0n) is 10.8. The van der Waals surface area contributed by atoms with Gasteiger partial charge < -0.3 is 4.74 Å². The van der Waals surface area contributed by atoms with E-state index in [1.807, 2.05) is 6.07 Å². The summed E-state index contributed by atoms with van der Waals surface area (Å²) in [6.45, 7) is 1.06. The summed E-state index contributed by atoms with van der Waals surface area (Å²) in [4.78, 5) is 1.01. The van der Waals surface area contributed by atoms with Gasteiger partial charge in [-0.2, -0.15) is 4.31 Å². The van der Waals surface area contributed by atoms with Gasteiger partial charge in [0.2, 0.25) is 0 Å². The molecule has 4 nitrogen and oxygen atoms in total. The van der Waals surface area contributed by atoms with E-state index in [9.17, 15) is 8.42 Å². The Hall–Kier alpha value is -0.140. The Kier molecular flexibility index (Phi) is 5.25. The Morgan fingerprint density at radius 1 is 1.42 bits per heavy atom. The van der Waals surface area contributed by atoms with E-state index in [1.165, 1.54) is 11.3 Å². The molecule has 1 saturated heterocycles. The lowest BCUT2D eigenvalue weighted by molar-refractivity contribution is 0.0605. The molecular weight excluding hydrogens is 306 g/mol. The van der Waals surface area contributed by atoms with Crippen LogP contribution in [0.25, 0.3) is 0 Å². The Morgan fingerprint density at radius 2 is 2.11 bits per heavy atom. The Labute approximate surface area is 123 Å². The topological polar surface area (TPSA) is 46.6 Å². The van der Waals surface area contributed by atoms with Crippen LogP contribution in [0, 0.1) is 0 Å². The second-order valence-electron chi connectivity index (χ2n) is 4.50. The highest BCUT2D eigenvalue weighted by atomic mass is 35.5. The van der Waals surface area contributed by atoms with Crippen molar-refractivity contribution in [2.24, 2.45) is 0 Å². The van der Waals surface area contributed by atoms with Crippen molar-refractivity contribution in [3.05, 3.63) is 17.0 Å². The minimum Gasteiger partial charge on any atom is -0.381 e. The Bertz CT molecular complexity index is 507. The molecule has 1 fully saturated rings. The quantitative estimate of drug-likeness (QED) is 0.781. The third-order valence-corrected chi connectivity index (χ3v) is 7.01. The molecule has 108 valence electrons. The molecule has 0 N–H and O–H groups in total. The van der Waals surface area contributed by atoms with Gasteiger partial charge in [-0.1, -0.05) is 0 Å². The number of nitrogens with zero attached hydrogens (tertiary/aromatic N) is 1. The molecule has 0 bridgehead atoms. The molecule has 7 heteroatoms. The summed E-state index contributed by atoms with van der Waals surface area (Å²) in [5.41, 5.74) is 0. The molecular formula is C12H18ClNO3S2. The summed E-state index contributed by atoms with van der Waals surface area (Å²) in [5, 5.41) is 0. The van der Waals surface area contributed by atoms with Gasteiger partial charge in [-0.05, 0) is 31.4 Å². The maximum Gasteiger partial charge on any atom is 0.252 e. The van der Waals surface area contributed by atoms with E-state index in [4.69, 9.17) is 16.3 Å². The summed E-state index contributed by atoms with van der Waals surface area (Å²) in [5.74, 6) is 0.513. The SMILES string of the molecule is COC1CCN(S(=O)(=O)c2ccc(CCCl)s2)CC1. The predicted octanol–water partition coefficient (Wildman–Crippen LogP) is 2.33. The standard InChI is InChI=1S/C12H18ClNO3S2/c1-17-10-5-8-14(9-6-10)19(15,16)12-3-2-11(18-12)4-7-13/h2-3,10H,4-9H2,1H3. The maximum absolute atomic E-state index is 12.5. The summed E-state index contributed by atoms with van der Waals surface area (Å²) < 4.78 is 32.2. The highest BCUT2D eigenvalue weighted by molar-refractivity contribution is 7.91. The first-order valence-electron chi connectivity index (χ1n) is 6.25. The van der Waals surface area contributed by atoms with Gasteiger partial charge >= 0.3 is 0 Å². The molecule has 0 saturated carbocycles. The van der Waals surface area contributed by atoms with E-state index >= 15 is 0 Å². The molecule has 0 aromatic carbocycles. The van der Waals surface area contributed by atoms with Gasteiger partial charge in [0.25, 0.3) is 10.0 Å². The van der Waals surface area contributed by atoms with Crippen molar-refractivity contribution in [1.29, 1.82) is 0 Å². The van der Waals surface area contributed by atoms with Gasteiger partial charge in [0, 0.05) is 31.0 Å². The smallest absolute Gasteiger partial charge is 0.252 e. The van der Waals surface area contributed by atoms with E-state index in [0.29, 0.717) is 29.6 Å². The van der Waals surface area contributed by atoms with E-state index in [0.717, 1.165) is 17.7 Å². The van der Waals surface area contributed by atoms with Crippen LogP contribution in [0.1, 0.15) is 17.7 Å². The number of ether oxygens (including phenoxy) is 1. The number of hydrogen-bond acceptors (Lipinski definition) is 4. The van der Waals surface area contributed by atoms with Crippen molar-refractivity contribution < 1.29 is 13.2 Å². The van der Waals surface area contributed by atoms with Gasteiger partial charge in [-0.25, -0.2) is 8.42 Å². The number of rotatable bonds is 5. The molecule has 1 aromatic rings. The van der Waals surface area contributed by atoms with E-state index in [-0.39, 0.29) is 6.10 Å². The number of thiophene rings is 1. The maximum atomic E-state index is 12.5. The molecule has 0 aliphatic carbocycles. The normalized spacial score (nSPS) is 18.8. The van der Waals surface area contributed by atoms with Gasteiger partial charge in [0.05, 0.1) is 6.10 Å². The molecule has 0 spiro atoms. The van der Waals surface area contributed by atoms with Crippen molar-refractivity contribution in [3.8, 4) is 0 Å². The molecule has 1 aliphatic rings. The Morgan fingerprint density at radius 3 is 2.68 bits per heavy atom. The monoisotopic (exact) mass is 323 g/mol. The number of aryl methyl sites for hydroxylation is 1. The lowest BCUT2D eigenvalue weighted by Crippen LogP contribution is -2.40. The number of hydrogen-bond donors (Lipinski definition) is 0. The van der Waals surface area contributed by atoms with Crippen LogP contribution in [0.5, 0.6) is 0 Å². The van der Waals surface area contributed by atoms with Crippen LogP contribution in [0.4, 0.5) is 0 Å². The first kappa shape index (κ1) is 15.3. The first-order valence-corrected chi connectivity index (χ1v) is 9.04. The minimum atomic E-state index is -3.34. The zero-order valence-corrected chi connectivity index (χ0v) is 13.2. The summed E-state index contributed by atoms with van der Waals surface area (Å²) >= 11 is 6.99. The predicted molar refractivity (Wildman–Crippen MR) is 77.5 cm³/mol. The molecule has 0 unspecified atom stereocenters. The molecule has 2 heterocycles. The number of sulfonamides is 1. The average molecular weight is 324 g/mol. The molecule has 2 rings (SSSR count). The Balaban J connectivity index is 2.09. The minimum absolute atomic E-state index is 0.182. The van der Waals surface area contributed by atoms with E-state index in [1.54, 1.807) is 17.5 Å². The molecule has 1 aliphatic heterocycles. The molecule has 0 radical (unpaired) electrons. The van der Waals surface area contributed by atoms with Crippen LogP contribution in [-0.4, -0.2) is 44.9 Å². The summed E-state index contributed by atoms with van der Waals surface area (Å²) in [6.07, 6.45) is 2.42. The number of halogens is 1. The molecule has 0 amide bonds. The largest absolute Gasteiger partial charge is 0.381 e. The second-order valence-corrected chi connectivity index (χ2v) is 8.21. The second kappa shape index (κ2) is 6.54. The fraction of sp³-hybridized carbons (Fsp3) is 0.667. The number of alkyl halides is 1. The van der Waals surface area contributed by atoms with Gasteiger partial charge in [0.15, 0.2) is 0 Å². The van der Waals surface area contributed by atoms with Crippen molar-refractivity contribution in [2.75, 3.05) is 26.1 Å². The highest BCUT2D eigenvalue weighted by Gasteiger charge is 2.30. The van der Waals surface area contributed by atoms with Crippen LogP contribution >= 0.6 is 22.9 Å². The average Bonchev–Trinajstić information content (AvgIpc) is 2.89. The van der Waals surface area contributed by atoms with Crippen molar-refractivity contribution in [3.63, 3.8) is 0 Å². The third kappa shape index (κ3) is 3.49. The van der Waals surface area contributed by atoms with Gasteiger partial charge in [0.1, 0.15) is 4.21 Å². The van der Waals surface area contributed by atoms with Crippen LogP contribution < -0.4 is 0 Å². The van der Waals surface area contributed by atoms with Crippen molar-refractivity contribution >= 4 is 33.0 Å². The lowest BCUT2D eigenvalue weighted by atomic mass is 10.1. The van der Waals surface area contributed by atoms with Gasteiger partial charge in [-0.3, -0.25) is 0 Å². The fourth-order valence-electron chi connectivity index (χ4n) is 2.16. The first-order chi connectivity index (χ1) is 9.07. The van der Waals surface area contributed by atoms with Crippen molar-refractivity contribution in [2.45, 2.75) is 29.6 Å².